The van der Waals surface area contributed by atoms with Crippen LogP contribution in [0.3, 0.4) is 0 Å². The zero-order chi connectivity index (χ0) is 34.5. The molecule has 0 unspecified atom stereocenters. The number of nitrogens with zero attached hydrogens (tertiary/aromatic N) is 8. The molecule has 2 saturated heterocycles. The van der Waals surface area contributed by atoms with E-state index in [2.05, 4.69) is 35.7 Å². The molecule has 2 aromatic heterocycles. The average Bonchev–Trinajstić information content (AvgIpc) is 3.09. The summed E-state index contributed by atoms with van der Waals surface area (Å²) in [6.07, 6.45) is 8.55. The van der Waals surface area contributed by atoms with Gasteiger partial charge in [-0.15, -0.1) is 0 Å². The van der Waals surface area contributed by atoms with Crippen LogP contribution >= 0.6 is 0 Å². The number of ether oxygens (including phenoxy) is 2. The molecule has 0 spiro atoms. The number of fused-ring (bicyclic) bond motifs is 1. The van der Waals surface area contributed by atoms with Gasteiger partial charge in [0.1, 0.15) is 29.7 Å². The van der Waals surface area contributed by atoms with Crippen molar-refractivity contribution in [1.82, 2.24) is 29.7 Å². The van der Waals surface area contributed by atoms with Crippen LogP contribution in [0.5, 0.6) is 17.2 Å². The molecule has 0 N–H and O–H groups in total. The predicted octanol–water partition coefficient (Wildman–Crippen LogP) is 5.31. The normalized spacial score (nSPS) is 18.0. The van der Waals surface area contributed by atoms with E-state index in [1.165, 1.54) is 30.1 Å². The topological polar surface area (TPSA) is 111 Å². The second-order valence-corrected chi connectivity index (χ2v) is 13.9. The van der Waals surface area contributed by atoms with E-state index in [-0.39, 0.29) is 34.8 Å². The number of nitriles is 1. The van der Waals surface area contributed by atoms with Crippen LogP contribution in [0.2, 0.25) is 0 Å². The van der Waals surface area contributed by atoms with E-state index in [0.29, 0.717) is 31.2 Å². The van der Waals surface area contributed by atoms with Gasteiger partial charge in [-0.1, -0.05) is 0 Å². The molecule has 3 aromatic rings. The Morgan fingerprint density at radius 1 is 1.10 bits per heavy atom. The zero-order valence-corrected chi connectivity index (χ0v) is 29.1. The van der Waals surface area contributed by atoms with Crippen molar-refractivity contribution < 1.29 is 18.7 Å². The van der Waals surface area contributed by atoms with Gasteiger partial charge in [-0.25, -0.2) is 14.4 Å². The molecule has 3 aliphatic rings. The number of aromatic nitrogens is 3. The number of rotatable bonds is 12. The van der Waals surface area contributed by atoms with Crippen molar-refractivity contribution in [2.75, 3.05) is 57.3 Å². The summed E-state index contributed by atoms with van der Waals surface area (Å²) in [6.45, 7) is 15.3. The van der Waals surface area contributed by atoms with Gasteiger partial charge in [-0.3, -0.25) is 14.7 Å². The Labute approximate surface area is 288 Å². The number of hydrogen-bond acceptors (Lipinski definition) is 10. The second kappa shape index (κ2) is 15.0. The molecule has 11 nitrogen and oxygen atoms in total. The fourth-order valence-electron chi connectivity index (χ4n) is 7.22. The average molecular weight is 671 g/mol. The highest BCUT2D eigenvalue weighted by Crippen LogP contribution is 2.35. The summed E-state index contributed by atoms with van der Waals surface area (Å²) in [5, 5.41) is 9.28. The SMILES string of the molecule is CCN(C(=O)c1cc(F)ccc1Oc1cncnc1N1CCC(Oc2ccnc3c2CN(CCCN2CC(C)(C#N)C2)CC3)CC1)C(C)C. The fourth-order valence-corrected chi connectivity index (χ4v) is 7.22. The Hall–Kier alpha value is -4.34. The van der Waals surface area contributed by atoms with E-state index in [0.717, 1.165) is 76.4 Å². The van der Waals surface area contributed by atoms with Crippen molar-refractivity contribution in [3.05, 3.63) is 65.6 Å². The predicted molar refractivity (Wildman–Crippen MR) is 184 cm³/mol. The summed E-state index contributed by atoms with van der Waals surface area (Å²) >= 11 is 0. The first-order valence-corrected chi connectivity index (χ1v) is 17.5. The van der Waals surface area contributed by atoms with E-state index in [4.69, 9.17) is 9.47 Å². The summed E-state index contributed by atoms with van der Waals surface area (Å²) in [6, 6.07) is 8.38. The maximum atomic E-state index is 14.3. The summed E-state index contributed by atoms with van der Waals surface area (Å²) in [7, 11) is 0. The smallest absolute Gasteiger partial charge is 0.257 e. The molecule has 2 fully saturated rings. The largest absolute Gasteiger partial charge is 0.490 e. The van der Waals surface area contributed by atoms with Gasteiger partial charge in [0.25, 0.3) is 5.91 Å². The molecule has 0 aliphatic carbocycles. The summed E-state index contributed by atoms with van der Waals surface area (Å²) in [4.78, 5) is 35.5. The molecular weight excluding hydrogens is 623 g/mol. The third-order valence-corrected chi connectivity index (χ3v) is 9.82. The van der Waals surface area contributed by atoms with Crippen LogP contribution in [0.25, 0.3) is 0 Å². The lowest BCUT2D eigenvalue weighted by molar-refractivity contribution is 0.0557. The first kappa shape index (κ1) is 34.5. The van der Waals surface area contributed by atoms with Crippen LogP contribution in [0.1, 0.15) is 68.6 Å². The van der Waals surface area contributed by atoms with Gasteiger partial charge < -0.3 is 24.2 Å². The van der Waals surface area contributed by atoms with Crippen molar-refractivity contribution in [3.8, 4) is 23.3 Å². The van der Waals surface area contributed by atoms with Crippen molar-refractivity contribution in [3.63, 3.8) is 0 Å². The lowest BCUT2D eigenvalue weighted by atomic mass is 9.84. The van der Waals surface area contributed by atoms with Crippen LogP contribution in [-0.4, -0.2) is 100 Å². The third kappa shape index (κ3) is 7.94. The highest BCUT2D eigenvalue weighted by Gasteiger charge is 2.38. The number of halogens is 1. The number of carbonyl (C=O) groups excluding carboxylic acids is 1. The number of likely N-dealkylation sites (tertiary alicyclic amines) is 1. The van der Waals surface area contributed by atoms with Crippen LogP contribution in [-0.2, 0) is 13.0 Å². The van der Waals surface area contributed by atoms with E-state index in [1.807, 2.05) is 40.0 Å². The van der Waals surface area contributed by atoms with E-state index in [1.54, 1.807) is 11.1 Å². The molecule has 12 heteroatoms. The van der Waals surface area contributed by atoms with E-state index in [9.17, 15) is 14.4 Å². The Morgan fingerprint density at radius 2 is 1.88 bits per heavy atom. The van der Waals surface area contributed by atoms with Crippen molar-refractivity contribution in [1.29, 1.82) is 5.26 Å². The highest BCUT2D eigenvalue weighted by atomic mass is 19.1. The van der Waals surface area contributed by atoms with Gasteiger partial charge in [-0.05, 0) is 71.5 Å². The summed E-state index contributed by atoms with van der Waals surface area (Å²) in [5.74, 6) is 1.42. The molecule has 1 amide bonds. The minimum atomic E-state index is -0.502. The maximum Gasteiger partial charge on any atom is 0.257 e. The monoisotopic (exact) mass is 670 g/mol. The Balaban J connectivity index is 1.06. The zero-order valence-electron chi connectivity index (χ0n) is 29.1. The van der Waals surface area contributed by atoms with Crippen molar-refractivity contribution in [2.24, 2.45) is 5.41 Å². The Bertz CT molecular complexity index is 1670. The van der Waals surface area contributed by atoms with Crippen LogP contribution in [0.15, 0.2) is 43.0 Å². The van der Waals surface area contributed by atoms with Crippen LogP contribution < -0.4 is 14.4 Å². The van der Waals surface area contributed by atoms with E-state index >= 15 is 0 Å². The quantitative estimate of drug-likeness (QED) is 0.251. The van der Waals surface area contributed by atoms with Gasteiger partial charge in [0.05, 0.1) is 23.2 Å². The minimum Gasteiger partial charge on any atom is -0.490 e. The van der Waals surface area contributed by atoms with Gasteiger partial charge in [-0.2, -0.15) is 5.26 Å². The first-order valence-electron chi connectivity index (χ1n) is 17.5. The molecule has 260 valence electrons. The number of anilines is 1. The van der Waals surface area contributed by atoms with Crippen LogP contribution in [0, 0.1) is 22.6 Å². The molecule has 0 bridgehead atoms. The second-order valence-electron chi connectivity index (χ2n) is 13.9. The standard InChI is InChI=1S/C37H47FN8O3/c1-5-46(26(2)3)36(47)29-19-27(38)7-8-32(29)49-34-20-40-25-42-35(34)45-17-10-28(11-18-45)48-33-9-13-41-31-12-16-43(21-30(31)33)14-6-15-44-23-37(4,22-39)24-44/h7-9,13,19-20,25-26,28H,5-6,10-12,14-18,21,23-24H2,1-4H3. The van der Waals surface area contributed by atoms with Crippen molar-refractivity contribution in [2.45, 2.75) is 72.1 Å². The molecule has 0 atom stereocenters. The van der Waals surface area contributed by atoms with Gasteiger partial charge >= 0.3 is 0 Å². The van der Waals surface area contributed by atoms with Crippen molar-refractivity contribution >= 4 is 11.7 Å². The van der Waals surface area contributed by atoms with Crippen LogP contribution in [0.4, 0.5) is 10.2 Å². The molecule has 0 saturated carbocycles. The lowest BCUT2D eigenvalue weighted by Crippen LogP contribution is -2.54. The number of amides is 1. The lowest BCUT2D eigenvalue weighted by Gasteiger charge is -2.43. The molecule has 3 aliphatic heterocycles. The molecular formula is C37H47FN8O3. The highest BCUT2D eigenvalue weighted by molar-refractivity contribution is 5.97. The molecule has 49 heavy (non-hydrogen) atoms. The van der Waals surface area contributed by atoms with Gasteiger partial charge in [0.15, 0.2) is 11.6 Å². The molecule has 6 rings (SSSR count). The Morgan fingerprint density at radius 3 is 2.61 bits per heavy atom. The number of benzene rings is 1. The van der Waals surface area contributed by atoms with Gasteiger partial charge in [0.2, 0.25) is 0 Å². The number of hydrogen-bond donors (Lipinski definition) is 0. The number of piperidine rings is 1. The number of carbonyl (C=O) groups is 1. The van der Waals surface area contributed by atoms with Gasteiger partial charge in [0, 0.05) is 88.6 Å². The molecule has 5 heterocycles. The Kier molecular flexibility index (Phi) is 10.6. The van der Waals surface area contributed by atoms with E-state index < -0.39 is 5.82 Å². The molecule has 0 radical (unpaired) electrons. The summed E-state index contributed by atoms with van der Waals surface area (Å²) in [5.41, 5.74) is 2.29. The fraction of sp³-hybridized carbons (Fsp3) is 0.541. The number of pyridine rings is 1. The third-order valence-electron chi connectivity index (χ3n) is 9.82. The summed E-state index contributed by atoms with van der Waals surface area (Å²) < 4.78 is 27.2. The molecule has 1 aromatic carbocycles. The minimum absolute atomic E-state index is 0.0441. The maximum absolute atomic E-state index is 14.3. The first-order chi connectivity index (χ1) is 23.7.